The minimum absolute atomic E-state index is 0.0705. The van der Waals surface area contributed by atoms with Gasteiger partial charge in [-0.2, -0.15) is 8.42 Å². The molecule has 1 saturated heterocycles. The fourth-order valence-corrected chi connectivity index (χ4v) is 1.95. The molecule has 1 aromatic rings. The third kappa shape index (κ3) is 2.15. The Hall–Kier alpha value is -1.60. The number of rotatable bonds is 2. The van der Waals surface area contributed by atoms with Crippen LogP contribution >= 0.6 is 0 Å². The van der Waals surface area contributed by atoms with Gasteiger partial charge in [0, 0.05) is 13.0 Å². The molecule has 1 aliphatic rings. The fraction of sp³-hybridized carbons (Fsp3) is 0.222. The summed E-state index contributed by atoms with van der Waals surface area (Å²) in [5.74, 6) is -0.0705. The van der Waals surface area contributed by atoms with E-state index < -0.39 is 10.1 Å². The van der Waals surface area contributed by atoms with E-state index >= 15 is 0 Å². The highest BCUT2D eigenvalue weighted by atomic mass is 32.2. The van der Waals surface area contributed by atoms with Crippen LogP contribution in [0.1, 0.15) is 6.42 Å². The lowest BCUT2D eigenvalue weighted by atomic mass is 10.3. The number of benzene rings is 1. The maximum atomic E-state index is 11.0. The number of anilines is 1. The molecule has 2 rings (SSSR count). The average Bonchev–Trinajstić information content (AvgIpc) is 2.64. The Morgan fingerprint density at radius 2 is 1.88 bits per heavy atom. The summed E-state index contributed by atoms with van der Waals surface area (Å²) < 4.78 is 30.4. The molecule has 0 bridgehead atoms. The van der Waals surface area contributed by atoms with Crippen LogP contribution in [0.4, 0.5) is 5.69 Å². The standard InChI is InChI=1S/C9H10N2O4S/c12-9-5-6-11(10-9)7-1-3-8(4-2-7)16(13,14)15/h1-4H,5-6H2,(H,10,12)(H,13,14,15). The lowest BCUT2D eigenvalue weighted by Gasteiger charge is -2.17. The molecule has 1 aliphatic heterocycles. The highest BCUT2D eigenvalue weighted by Gasteiger charge is 2.19. The van der Waals surface area contributed by atoms with Crippen LogP contribution in [-0.2, 0) is 14.9 Å². The van der Waals surface area contributed by atoms with E-state index in [1.54, 1.807) is 5.01 Å². The van der Waals surface area contributed by atoms with Crippen molar-refractivity contribution in [1.82, 2.24) is 5.43 Å². The second kappa shape index (κ2) is 3.76. The number of nitrogens with one attached hydrogen (secondary N) is 1. The van der Waals surface area contributed by atoms with Crippen LogP contribution in [0.3, 0.4) is 0 Å². The van der Waals surface area contributed by atoms with E-state index in [1.807, 2.05) is 0 Å². The first kappa shape index (κ1) is 10.9. The Balaban J connectivity index is 2.23. The zero-order valence-corrected chi connectivity index (χ0v) is 9.07. The Bertz CT molecular complexity index is 509. The lowest BCUT2D eigenvalue weighted by molar-refractivity contribution is -0.119. The molecule has 0 spiro atoms. The van der Waals surface area contributed by atoms with Gasteiger partial charge in [0.2, 0.25) is 5.91 Å². The quantitative estimate of drug-likeness (QED) is 0.722. The number of carbonyl (C=O) groups excluding carboxylic acids is 1. The van der Waals surface area contributed by atoms with Crippen LogP contribution in [0.25, 0.3) is 0 Å². The topological polar surface area (TPSA) is 86.7 Å². The number of carbonyl (C=O) groups is 1. The molecule has 7 heteroatoms. The molecule has 0 atom stereocenters. The fourth-order valence-electron chi connectivity index (χ4n) is 1.47. The minimum atomic E-state index is -4.16. The Morgan fingerprint density at radius 1 is 1.25 bits per heavy atom. The van der Waals surface area contributed by atoms with Gasteiger partial charge < -0.3 is 0 Å². The van der Waals surface area contributed by atoms with Crippen molar-refractivity contribution in [2.45, 2.75) is 11.3 Å². The first-order chi connectivity index (χ1) is 7.47. The summed E-state index contributed by atoms with van der Waals surface area (Å²) in [6, 6.07) is 5.62. The van der Waals surface area contributed by atoms with Crippen molar-refractivity contribution in [1.29, 1.82) is 0 Å². The number of hydrogen-bond acceptors (Lipinski definition) is 4. The average molecular weight is 242 g/mol. The molecule has 1 heterocycles. The van der Waals surface area contributed by atoms with Crippen LogP contribution in [0.15, 0.2) is 29.2 Å². The van der Waals surface area contributed by atoms with E-state index in [0.29, 0.717) is 18.7 Å². The molecule has 1 amide bonds. The van der Waals surface area contributed by atoms with Gasteiger partial charge in [-0.15, -0.1) is 0 Å². The Kier molecular flexibility index (Phi) is 2.56. The van der Waals surface area contributed by atoms with Crippen LogP contribution in [0, 0.1) is 0 Å². The predicted octanol–water partition coefficient (Wildman–Crippen LogP) is 0.175. The molecular weight excluding hydrogens is 232 g/mol. The van der Waals surface area contributed by atoms with E-state index in [1.165, 1.54) is 24.3 Å². The molecular formula is C9H10N2O4S. The second-order valence-corrected chi connectivity index (χ2v) is 4.83. The van der Waals surface area contributed by atoms with Gasteiger partial charge in [-0.05, 0) is 24.3 Å². The minimum Gasteiger partial charge on any atom is -0.285 e. The second-order valence-electron chi connectivity index (χ2n) is 3.41. The first-order valence-electron chi connectivity index (χ1n) is 4.61. The smallest absolute Gasteiger partial charge is 0.285 e. The molecule has 0 saturated carbocycles. The predicted molar refractivity (Wildman–Crippen MR) is 56.4 cm³/mol. The van der Waals surface area contributed by atoms with E-state index in [9.17, 15) is 13.2 Å². The van der Waals surface area contributed by atoms with Gasteiger partial charge in [0.25, 0.3) is 10.1 Å². The van der Waals surface area contributed by atoms with Gasteiger partial charge in [-0.1, -0.05) is 0 Å². The van der Waals surface area contributed by atoms with E-state index in [2.05, 4.69) is 5.43 Å². The summed E-state index contributed by atoms with van der Waals surface area (Å²) in [5.41, 5.74) is 3.29. The number of hydrazine groups is 1. The molecule has 6 nitrogen and oxygen atoms in total. The molecule has 0 aromatic heterocycles. The normalized spacial score (nSPS) is 16.3. The van der Waals surface area contributed by atoms with Crippen LogP contribution in [0.2, 0.25) is 0 Å². The Labute approximate surface area is 92.6 Å². The summed E-state index contributed by atoms with van der Waals surface area (Å²) in [4.78, 5) is 10.8. The van der Waals surface area contributed by atoms with Crippen molar-refractivity contribution in [3.8, 4) is 0 Å². The highest BCUT2D eigenvalue weighted by Crippen LogP contribution is 2.18. The van der Waals surface area contributed by atoms with Crippen molar-refractivity contribution >= 4 is 21.7 Å². The molecule has 0 aliphatic carbocycles. The molecule has 16 heavy (non-hydrogen) atoms. The van der Waals surface area contributed by atoms with E-state index in [0.717, 1.165) is 0 Å². The summed E-state index contributed by atoms with van der Waals surface area (Å²) in [6.07, 6.45) is 0.417. The lowest BCUT2D eigenvalue weighted by Crippen LogP contribution is -2.32. The first-order valence-corrected chi connectivity index (χ1v) is 6.05. The summed E-state index contributed by atoms with van der Waals surface area (Å²) in [7, 11) is -4.16. The monoisotopic (exact) mass is 242 g/mol. The molecule has 86 valence electrons. The van der Waals surface area contributed by atoms with E-state index in [4.69, 9.17) is 4.55 Å². The largest absolute Gasteiger partial charge is 0.294 e. The van der Waals surface area contributed by atoms with Crippen molar-refractivity contribution in [3.63, 3.8) is 0 Å². The third-order valence-electron chi connectivity index (χ3n) is 2.27. The van der Waals surface area contributed by atoms with Crippen LogP contribution in [-0.4, -0.2) is 25.4 Å². The van der Waals surface area contributed by atoms with Crippen LogP contribution in [0.5, 0.6) is 0 Å². The number of amides is 1. The molecule has 1 aromatic carbocycles. The third-order valence-corrected chi connectivity index (χ3v) is 3.14. The van der Waals surface area contributed by atoms with Gasteiger partial charge >= 0.3 is 0 Å². The van der Waals surface area contributed by atoms with Crippen molar-refractivity contribution in [2.75, 3.05) is 11.6 Å². The number of hydrogen-bond donors (Lipinski definition) is 2. The molecule has 1 fully saturated rings. The maximum Gasteiger partial charge on any atom is 0.294 e. The van der Waals surface area contributed by atoms with Gasteiger partial charge in [0.05, 0.1) is 10.6 Å². The summed E-state index contributed by atoms with van der Waals surface area (Å²) in [5, 5.41) is 1.62. The summed E-state index contributed by atoms with van der Waals surface area (Å²) in [6.45, 7) is 0.546. The van der Waals surface area contributed by atoms with Gasteiger partial charge in [0.15, 0.2) is 0 Å². The molecule has 0 unspecified atom stereocenters. The SMILES string of the molecule is O=C1CCN(c2ccc(S(=O)(=O)O)cc2)N1. The maximum absolute atomic E-state index is 11.0. The van der Waals surface area contributed by atoms with Gasteiger partial charge in [-0.25, -0.2) is 0 Å². The van der Waals surface area contributed by atoms with Gasteiger partial charge in [0.1, 0.15) is 0 Å². The summed E-state index contributed by atoms with van der Waals surface area (Å²) >= 11 is 0. The van der Waals surface area contributed by atoms with Gasteiger partial charge in [-0.3, -0.25) is 19.8 Å². The van der Waals surface area contributed by atoms with Crippen molar-refractivity contribution in [3.05, 3.63) is 24.3 Å². The molecule has 2 N–H and O–H groups in total. The van der Waals surface area contributed by atoms with Crippen LogP contribution < -0.4 is 10.4 Å². The van der Waals surface area contributed by atoms with E-state index in [-0.39, 0.29) is 10.8 Å². The number of nitrogens with zero attached hydrogens (tertiary/aromatic N) is 1. The Morgan fingerprint density at radius 3 is 2.31 bits per heavy atom. The zero-order valence-electron chi connectivity index (χ0n) is 8.25. The molecule has 0 radical (unpaired) electrons. The van der Waals surface area contributed by atoms with Crippen molar-refractivity contribution < 1.29 is 17.8 Å². The zero-order chi connectivity index (χ0) is 11.8. The highest BCUT2D eigenvalue weighted by molar-refractivity contribution is 7.85. The van der Waals surface area contributed by atoms with Crippen molar-refractivity contribution in [2.24, 2.45) is 0 Å².